The summed E-state index contributed by atoms with van der Waals surface area (Å²) >= 11 is 0. The Hall–Kier alpha value is -2.04. The van der Waals surface area contributed by atoms with Gasteiger partial charge in [0.1, 0.15) is 12.2 Å². The number of carbonyl (C=O) groups is 2. The fourth-order valence-electron chi connectivity index (χ4n) is 3.21. The molecular weight excluding hydrogens is 330 g/mol. The lowest BCUT2D eigenvalue weighted by molar-refractivity contribution is -0.146. The number of hydrogen-bond acceptors (Lipinski definition) is 4. The van der Waals surface area contributed by atoms with Crippen LogP contribution in [-0.4, -0.2) is 24.2 Å². The Balaban J connectivity index is 1.60. The van der Waals surface area contributed by atoms with E-state index in [1.165, 1.54) is 0 Å². The Morgan fingerprint density at radius 1 is 1.04 bits per heavy atom. The largest absolute Gasteiger partial charge is 0.461 e. The van der Waals surface area contributed by atoms with E-state index in [9.17, 15) is 9.59 Å². The summed E-state index contributed by atoms with van der Waals surface area (Å²) in [4.78, 5) is 23.7. The molecule has 0 aliphatic heterocycles. The maximum absolute atomic E-state index is 12.0. The zero-order valence-corrected chi connectivity index (χ0v) is 16.1. The summed E-state index contributed by atoms with van der Waals surface area (Å²) in [5.74, 6) is 0.722. The maximum Gasteiger partial charge on any atom is 0.407 e. The van der Waals surface area contributed by atoms with E-state index in [-0.39, 0.29) is 12.1 Å². The number of ether oxygens (including phenoxy) is 2. The van der Waals surface area contributed by atoms with Gasteiger partial charge in [-0.2, -0.15) is 0 Å². The van der Waals surface area contributed by atoms with Crippen LogP contribution in [0.5, 0.6) is 0 Å². The number of rotatable bonds is 6. The molecule has 0 bridgehead atoms. The zero-order chi connectivity index (χ0) is 19.0. The molecular formula is C21H31NO4. The fourth-order valence-corrected chi connectivity index (χ4v) is 3.21. The van der Waals surface area contributed by atoms with Crippen LogP contribution in [0, 0.1) is 11.8 Å². The van der Waals surface area contributed by atoms with Crippen LogP contribution >= 0.6 is 0 Å². The minimum absolute atomic E-state index is 0.121. The number of carbonyl (C=O) groups excluding carboxylic acids is 2. The van der Waals surface area contributed by atoms with Crippen molar-refractivity contribution in [2.45, 2.75) is 65.1 Å². The molecule has 5 heteroatoms. The minimum Gasteiger partial charge on any atom is -0.461 e. The van der Waals surface area contributed by atoms with Crippen molar-refractivity contribution in [2.75, 3.05) is 6.54 Å². The Labute approximate surface area is 156 Å². The van der Waals surface area contributed by atoms with E-state index in [0.29, 0.717) is 31.4 Å². The van der Waals surface area contributed by atoms with Gasteiger partial charge < -0.3 is 14.8 Å². The van der Waals surface area contributed by atoms with Crippen molar-refractivity contribution >= 4 is 12.1 Å². The standard InChI is InChI=1S/C21H31NO4/c1-21(2,3)26-20(24)22-14-17-11-9-16(10-12-17)13-19(23)25-15-18-7-5-4-6-8-18/h4-8,16-17H,9-15H2,1-3H3,(H,22,24). The van der Waals surface area contributed by atoms with Gasteiger partial charge in [0.15, 0.2) is 0 Å². The van der Waals surface area contributed by atoms with E-state index < -0.39 is 5.60 Å². The molecule has 0 atom stereocenters. The number of benzene rings is 1. The molecule has 1 N–H and O–H groups in total. The molecule has 0 unspecified atom stereocenters. The number of nitrogens with one attached hydrogen (secondary N) is 1. The second-order valence-corrected chi connectivity index (χ2v) is 8.12. The van der Waals surface area contributed by atoms with Gasteiger partial charge in [0, 0.05) is 13.0 Å². The van der Waals surface area contributed by atoms with Crippen LogP contribution in [0.1, 0.15) is 58.4 Å². The van der Waals surface area contributed by atoms with Crippen LogP contribution in [0.4, 0.5) is 4.79 Å². The quantitative estimate of drug-likeness (QED) is 0.760. The Morgan fingerprint density at radius 2 is 1.65 bits per heavy atom. The summed E-state index contributed by atoms with van der Waals surface area (Å²) in [5, 5.41) is 2.85. The highest BCUT2D eigenvalue weighted by atomic mass is 16.6. The van der Waals surface area contributed by atoms with Crippen molar-refractivity contribution in [3.63, 3.8) is 0 Å². The van der Waals surface area contributed by atoms with E-state index in [4.69, 9.17) is 9.47 Å². The molecule has 0 spiro atoms. The van der Waals surface area contributed by atoms with Gasteiger partial charge in [0.25, 0.3) is 0 Å². The van der Waals surface area contributed by atoms with Gasteiger partial charge in [-0.25, -0.2) is 4.79 Å². The highest BCUT2D eigenvalue weighted by molar-refractivity contribution is 5.69. The summed E-state index contributed by atoms with van der Waals surface area (Å²) in [5.41, 5.74) is 0.541. The highest BCUT2D eigenvalue weighted by Crippen LogP contribution is 2.30. The monoisotopic (exact) mass is 361 g/mol. The third kappa shape index (κ3) is 7.89. The highest BCUT2D eigenvalue weighted by Gasteiger charge is 2.24. The van der Waals surface area contributed by atoms with Crippen molar-refractivity contribution in [3.05, 3.63) is 35.9 Å². The molecule has 1 aliphatic carbocycles. The summed E-state index contributed by atoms with van der Waals surface area (Å²) in [6.45, 7) is 6.55. The summed E-state index contributed by atoms with van der Waals surface area (Å²) < 4.78 is 10.6. The van der Waals surface area contributed by atoms with Crippen LogP contribution in [0.25, 0.3) is 0 Å². The summed E-state index contributed by atoms with van der Waals surface area (Å²) in [6.07, 6.45) is 4.17. The Bertz CT molecular complexity index is 571. The van der Waals surface area contributed by atoms with Crippen molar-refractivity contribution in [1.29, 1.82) is 0 Å². The van der Waals surface area contributed by atoms with Gasteiger partial charge in [-0.15, -0.1) is 0 Å². The predicted molar refractivity (Wildman–Crippen MR) is 101 cm³/mol. The van der Waals surface area contributed by atoms with Crippen LogP contribution in [0.15, 0.2) is 30.3 Å². The predicted octanol–water partition coefficient (Wildman–Crippen LogP) is 4.45. The molecule has 2 rings (SSSR count). The molecule has 1 aromatic rings. The molecule has 0 saturated heterocycles. The summed E-state index contributed by atoms with van der Waals surface area (Å²) in [6, 6.07) is 9.74. The second-order valence-electron chi connectivity index (χ2n) is 8.12. The van der Waals surface area contributed by atoms with E-state index >= 15 is 0 Å². The molecule has 144 valence electrons. The Morgan fingerprint density at radius 3 is 2.27 bits per heavy atom. The molecule has 1 amide bonds. The van der Waals surface area contributed by atoms with E-state index in [0.717, 1.165) is 31.2 Å². The first-order chi connectivity index (χ1) is 12.3. The third-order valence-corrected chi connectivity index (χ3v) is 4.60. The maximum atomic E-state index is 12.0. The van der Waals surface area contributed by atoms with Gasteiger partial charge in [0.05, 0.1) is 0 Å². The number of esters is 1. The molecule has 1 aliphatic rings. The smallest absolute Gasteiger partial charge is 0.407 e. The van der Waals surface area contributed by atoms with Gasteiger partial charge in [-0.05, 0) is 63.9 Å². The summed E-state index contributed by atoms with van der Waals surface area (Å²) in [7, 11) is 0. The first-order valence-corrected chi connectivity index (χ1v) is 9.48. The molecule has 0 radical (unpaired) electrons. The molecule has 0 heterocycles. The molecule has 26 heavy (non-hydrogen) atoms. The van der Waals surface area contributed by atoms with E-state index in [2.05, 4.69) is 5.32 Å². The van der Waals surface area contributed by atoms with Crippen LogP contribution in [0.3, 0.4) is 0 Å². The molecule has 1 fully saturated rings. The van der Waals surface area contributed by atoms with Gasteiger partial charge in [-0.1, -0.05) is 30.3 Å². The molecule has 5 nitrogen and oxygen atoms in total. The second kappa shape index (κ2) is 9.60. The SMILES string of the molecule is CC(C)(C)OC(=O)NCC1CCC(CC(=O)OCc2ccccc2)CC1. The lowest BCUT2D eigenvalue weighted by Gasteiger charge is -2.28. The minimum atomic E-state index is -0.470. The molecule has 0 aromatic heterocycles. The van der Waals surface area contributed by atoms with Crippen LogP contribution in [0.2, 0.25) is 0 Å². The van der Waals surface area contributed by atoms with E-state index in [1.807, 2.05) is 51.1 Å². The van der Waals surface area contributed by atoms with Crippen molar-refractivity contribution in [3.8, 4) is 0 Å². The van der Waals surface area contributed by atoms with Gasteiger partial charge in [-0.3, -0.25) is 4.79 Å². The Kier molecular flexibility index (Phi) is 7.49. The van der Waals surface area contributed by atoms with Crippen LogP contribution in [-0.2, 0) is 20.9 Å². The van der Waals surface area contributed by atoms with Crippen molar-refractivity contribution in [2.24, 2.45) is 11.8 Å². The topological polar surface area (TPSA) is 64.6 Å². The number of hydrogen-bond donors (Lipinski definition) is 1. The number of alkyl carbamates (subject to hydrolysis) is 1. The van der Waals surface area contributed by atoms with Crippen molar-refractivity contribution in [1.82, 2.24) is 5.32 Å². The first kappa shape index (κ1) is 20.3. The van der Waals surface area contributed by atoms with Crippen LogP contribution < -0.4 is 5.32 Å². The van der Waals surface area contributed by atoms with Crippen molar-refractivity contribution < 1.29 is 19.1 Å². The normalized spacial score (nSPS) is 20.3. The lowest BCUT2D eigenvalue weighted by atomic mass is 9.80. The average molecular weight is 361 g/mol. The number of amides is 1. The lowest BCUT2D eigenvalue weighted by Crippen LogP contribution is -2.36. The zero-order valence-electron chi connectivity index (χ0n) is 16.1. The third-order valence-electron chi connectivity index (χ3n) is 4.60. The molecule has 1 aromatic carbocycles. The van der Waals surface area contributed by atoms with Gasteiger partial charge in [0.2, 0.25) is 0 Å². The van der Waals surface area contributed by atoms with Gasteiger partial charge >= 0.3 is 12.1 Å². The van der Waals surface area contributed by atoms with E-state index in [1.54, 1.807) is 0 Å². The molecule has 1 saturated carbocycles. The average Bonchev–Trinajstić information content (AvgIpc) is 2.59. The fraction of sp³-hybridized carbons (Fsp3) is 0.619. The first-order valence-electron chi connectivity index (χ1n) is 9.48.